The second kappa shape index (κ2) is 9.05. The summed E-state index contributed by atoms with van der Waals surface area (Å²) < 4.78 is 10.6. The van der Waals surface area contributed by atoms with Crippen molar-refractivity contribution in [1.82, 2.24) is 9.88 Å². The molecule has 1 unspecified atom stereocenters. The standard InChI is InChI=1S/C24H23N3O5/c1-31-22(28)12-11-20(23(25)29)27-13-18-17(24(27)30)6-4-8-21(18)32-14-16-10-9-15-5-2-3-7-19(15)26-16/h2-10,20H,11-14H2,1H3,(H2,25,29). The third-order valence-electron chi connectivity index (χ3n) is 5.54. The minimum atomic E-state index is -0.913. The number of nitrogens with zero attached hydrogens (tertiary/aromatic N) is 2. The van der Waals surface area contributed by atoms with Gasteiger partial charge in [0.25, 0.3) is 5.91 Å². The van der Waals surface area contributed by atoms with Crippen molar-refractivity contribution in [2.45, 2.75) is 32.0 Å². The summed E-state index contributed by atoms with van der Waals surface area (Å²) in [6, 6.07) is 16.0. The molecule has 1 aliphatic heterocycles. The van der Waals surface area contributed by atoms with Gasteiger partial charge >= 0.3 is 5.97 Å². The zero-order valence-corrected chi connectivity index (χ0v) is 17.6. The number of para-hydroxylation sites is 1. The van der Waals surface area contributed by atoms with Crippen LogP contribution in [0.25, 0.3) is 10.9 Å². The third-order valence-corrected chi connectivity index (χ3v) is 5.54. The third kappa shape index (κ3) is 4.25. The van der Waals surface area contributed by atoms with Crippen LogP contribution in [0.15, 0.2) is 54.6 Å². The Morgan fingerprint density at radius 1 is 1.12 bits per heavy atom. The minimum Gasteiger partial charge on any atom is -0.487 e. The number of rotatable bonds is 8. The molecule has 2 amide bonds. The van der Waals surface area contributed by atoms with Gasteiger partial charge in [0.05, 0.1) is 24.9 Å². The monoisotopic (exact) mass is 433 g/mol. The molecule has 3 aromatic rings. The molecule has 0 fully saturated rings. The number of benzene rings is 2. The van der Waals surface area contributed by atoms with E-state index in [1.165, 1.54) is 12.0 Å². The van der Waals surface area contributed by atoms with E-state index in [0.29, 0.717) is 16.9 Å². The second-order valence-corrected chi connectivity index (χ2v) is 7.53. The van der Waals surface area contributed by atoms with Crippen molar-refractivity contribution in [1.29, 1.82) is 0 Å². The number of hydrogen-bond donors (Lipinski definition) is 1. The molecule has 0 bridgehead atoms. The Balaban J connectivity index is 1.52. The molecule has 8 heteroatoms. The lowest BCUT2D eigenvalue weighted by molar-refractivity contribution is -0.141. The number of carbonyl (C=O) groups excluding carboxylic acids is 3. The summed E-state index contributed by atoms with van der Waals surface area (Å²) in [7, 11) is 1.27. The Morgan fingerprint density at radius 3 is 2.72 bits per heavy atom. The van der Waals surface area contributed by atoms with Crippen molar-refractivity contribution in [2.24, 2.45) is 5.73 Å². The maximum absolute atomic E-state index is 13.0. The number of fused-ring (bicyclic) bond motifs is 2. The highest BCUT2D eigenvalue weighted by atomic mass is 16.5. The van der Waals surface area contributed by atoms with Gasteiger partial charge in [-0.05, 0) is 30.7 Å². The van der Waals surface area contributed by atoms with Gasteiger partial charge in [-0.3, -0.25) is 14.4 Å². The number of amides is 2. The fourth-order valence-corrected chi connectivity index (χ4v) is 3.86. The quantitative estimate of drug-likeness (QED) is 0.547. The molecule has 1 aliphatic rings. The lowest BCUT2D eigenvalue weighted by Gasteiger charge is -2.24. The number of aromatic nitrogens is 1. The molecular formula is C24H23N3O5. The molecule has 0 aliphatic carbocycles. The molecule has 2 heterocycles. The van der Waals surface area contributed by atoms with E-state index in [4.69, 9.17) is 10.5 Å². The van der Waals surface area contributed by atoms with Crippen LogP contribution in [0.4, 0.5) is 0 Å². The fourth-order valence-electron chi connectivity index (χ4n) is 3.86. The van der Waals surface area contributed by atoms with Gasteiger partial charge in [0.2, 0.25) is 5.91 Å². The number of hydrogen-bond acceptors (Lipinski definition) is 6. The molecule has 1 aromatic heterocycles. The van der Waals surface area contributed by atoms with Crippen LogP contribution in [0.3, 0.4) is 0 Å². The van der Waals surface area contributed by atoms with E-state index in [1.54, 1.807) is 18.2 Å². The van der Waals surface area contributed by atoms with E-state index in [1.807, 2.05) is 36.4 Å². The molecule has 2 N–H and O–H groups in total. The van der Waals surface area contributed by atoms with Crippen molar-refractivity contribution in [2.75, 3.05) is 7.11 Å². The van der Waals surface area contributed by atoms with Crippen LogP contribution >= 0.6 is 0 Å². The van der Waals surface area contributed by atoms with Gasteiger partial charge in [-0.1, -0.05) is 30.3 Å². The molecule has 0 saturated heterocycles. The van der Waals surface area contributed by atoms with Crippen molar-refractivity contribution < 1.29 is 23.9 Å². The first-order valence-electron chi connectivity index (χ1n) is 10.2. The van der Waals surface area contributed by atoms with Gasteiger partial charge in [0.1, 0.15) is 18.4 Å². The van der Waals surface area contributed by atoms with Crippen LogP contribution < -0.4 is 10.5 Å². The molecule has 1 atom stereocenters. The largest absolute Gasteiger partial charge is 0.487 e. The van der Waals surface area contributed by atoms with E-state index in [0.717, 1.165) is 16.6 Å². The number of methoxy groups -OCH3 is 1. The van der Waals surface area contributed by atoms with Crippen molar-refractivity contribution in [3.63, 3.8) is 0 Å². The highest BCUT2D eigenvalue weighted by Gasteiger charge is 2.37. The summed E-state index contributed by atoms with van der Waals surface area (Å²) in [5, 5.41) is 1.04. The number of primary amides is 1. The van der Waals surface area contributed by atoms with Crippen LogP contribution in [-0.2, 0) is 27.5 Å². The van der Waals surface area contributed by atoms with E-state index in [2.05, 4.69) is 9.72 Å². The minimum absolute atomic E-state index is 0.0127. The van der Waals surface area contributed by atoms with Crippen molar-refractivity contribution in [3.05, 3.63) is 71.4 Å². The summed E-state index contributed by atoms with van der Waals surface area (Å²) in [4.78, 5) is 42.5. The molecule has 0 radical (unpaired) electrons. The summed E-state index contributed by atoms with van der Waals surface area (Å²) in [6.07, 6.45) is 0.0835. The average molecular weight is 433 g/mol. The number of esters is 1. The summed E-state index contributed by atoms with van der Waals surface area (Å²) in [5.74, 6) is -0.905. The highest BCUT2D eigenvalue weighted by Crippen LogP contribution is 2.33. The maximum Gasteiger partial charge on any atom is 0.305 e. The zero-order chi connectivity index (χ0) is 22.7. The lowest BCUT2D eigenvalue weighted by atomic mass is 10.1. The SMILES string of the molecule is COC(=O)CCC(C(N)=O)N1Cc2c(OCc3ccc4ccccc4n3)cccc2C1=O. The Labute approximate surface area is 184 Å². The topological polar surface area (TPSA) is 112 Å². The van der Waals surface area contributed by atoms with Gasteiger partial charge < -0.3 is 20.1 Å². The number of pyridine rings is 1. The highest BCUT2D eigenvalue weighted by molar-refractivity contribution is 6.01. The van der Waals surface area contributed by atoms with Gasteiger partial charge in [-0.2, -0.15) is 0 Å². The Bertz CT molecular complexity index is 1190. The molecule has 0 spiro atoms. The first kappa shape index (κ1) is 21.3. The van der Waals surface area contributed by atoms with E-state index < -0.39 is 17.9 Å². The van der Waals surface area contributed by atoms with Crippen LogP contribution in [0, 0.1) is 0 Å². The van der Waals surface area contributed by atoms with Crippen LogP contribution in [0.5, 0.6) is 5.75 Å². The van der Waals surface area contributed by atoms with E-state index in [9.17, 15) is 14.4 Å². The van der Waals surface area contributed by atoms with Crippen LogP contribution in [0.2, 0.25) is 0 Å². The van der Waals surface area contributed by atoms with Crippen molar-refractivity contribution >= 4 is 28.7 Å². The predicted octanol–water partition coefficient (Wildman–Crippen LogP) is 2.58. The Hall–Kier alpha value is -3.94. The fraction of sp³-hybridized carbons (Fsp3) is 0.250. The lowest BCUT2D eigenvalue weighted by Crippen LogP contribution is -2.45. The molecule has 4 rings (SSSR count). The van der Waals surface area contributed by atoms with Gasteiger partial charge in [0.15, 0.2) is 0 Å². The first-order chi connectivity index (χ1) is 15.5. The smallest absolute Gasteiger partial charge is 0.305 e. The van der Waals surface area contributed by atoms with E-state index >= 15 is 0 Å². The Morgan fingerprint density at radius 2 is 1.94 bits per heavy atom. The predicted molar refractivity (Wildman–Crippen MR) is 117 cm³/mol. The summed E-state index contributed by atoms with van der Waals surface area (Å²) in [5.41, 5.74) is 8.31. The zero-order valence-electron chi connectivity index (χ0n) is 17.6. The Kier molecular flexibility index (Phi) is 6.02. The number of nitrogens with two attached hydrogens (primary N) is 1. The molecule has 2 aromatic carbocycles. The number of ether oxygens (including phenoxy) is 2. The normalized spacial score (nSPS) is 13.7. The van der Waals surface area contributed by atoms with E-state index in [-0.39, 0.29) is 31.9 Å². The molecule has 164 valence electrons. The summed E-state index contributed by atoms with van der Waals surface area (Å²) >= 11 is 0. The van der Waals surface area contributed by atoms with Gasteiger partial charge in [0, 0.05) is 22.9 Å². The molecule has 32 heavy (non-hydrogen) atoms. The maximum atomic E-state index is 13.0. The number of carbonyl (C=O) groups is 3. The van der Waals surface area contributed by atoms with Gasteiger partial charge in [-0.25, -0.2) is 4.98 Å². The van der Waals surface area contributed by atoms with Crippen LogP contribution in [0.1, 0.15) is 34.5 Å². The average Bonchev–Trinajstić information content (AvgIpc) is 3.14. The summed E-state index contributed by atoms with van der Waals surface area (Å²) in [6.45, 7) is 0.404. The van der Waals surface area contributed by atoms with Crippen molar-refractivity contribution in [3.8, 4) is 5.75 Å². The molecule has 8 nitrogen and oxygen atoms in total. The molecular weight excluding hydrogens is 410 g/mol. The molecule has 0 saturated carbocycles. The first-order valence-corrected chi connectivity index (χ1v) is 10.2. The second-order valence-electron chi connectivity index (χ2n) is 7.53. The van der Waals surface area contributed by atoms with Gasteiger partial charge in [-0.15, -0.1) is 0 Å². The van der Waals surface area contributed by atoms with Crippen LogP contribution in [-0.4, -0.2) is 40.8 Å².